The molecule has 0 radical (unpaired) electrons. The summed E-state index contributed by atoms with van der Waals surface area (Å²) in [6.45, 7) is 20.5. The molecule has 0 spiro atoms. The van der Waals surface area contributed by atoms with Crippen LogP contribution in [0, 0.1) is 58.2 Å². The number of rotatable bonds is 7. The van der Waals surface area contributed by atoms with Gasteiger partial charge in [-0.25, -0.2) is 0 Å². The minimum absolute atomic E-state index is 0.352. The zero-order chi connectivity index (χ0) is 24.2. The summed E-state index contributed by atoms with van der Waals surface area (Å²) in [5.41, 5.74) is 1.000. The van der Waals surface area contributed by atoms with Gasteiger partial charge < -0.3 is 9.53 Å². The molecular formula is C30H56O2Si. The largest absolute Gasteiger partial charge is 0.414 e. The Bertz CT molecular complexity index is 673. The molecule has 4 aliphatic carbocycles. The SMILES string of the molecule is CC[C@H]1[C@@H](O[Si](C)(C)C)[C@@H]2[C@H](CC[C@]3(C)[C@@H]([C@H](C)CCCO)CC[C@@H]23)[C@@]2(C)CC[C@@H](C)C[C@@H]12. The molecule has 0 bridgehead atoms. The molecule has 4 saturated carbocycles. The first-order chi connectivity index (χ1) is 15.5. The molecule has 0 aliphatic heterocycles. The molecule has 1 N–H and O–H groups in total. The van der Waals surface area contributed by atoms with Crippen LogP contribution in [0.15, 0.2) is 0 Å². The average Bonchev–Trinajstić information content (AvgIpc) is 3.09. The van der Waals surface area contributed by atoms with Gasteiger partial charge in [-0.15, -0.1) is 0 Å². The summed E-state index contributed by atoms with van der Waals surface area (Å²) in [4.78, 5) is 0. The lowest BCUT2D eigenvalue weighted by molar-refractivity contribution is -0.193. The molecule has 4 aliphatic rings. The van der Waals surface area contributed by atoms with Crippen molar-refractivity contribution in [3.8, 4) is 0 Å². The molecule has 0 amide bonds. The quantitative estimate of drug-likeness (QED) is 0.376. The van der Waals surface area contributed by atoms with Gasteiger partial charge in [-0.3, -0.25) is 0 Å². The Morgan fingerprint density at radius 1 is 0.970 bits per heavy atom. The Morgan fingerprint density at radius 3 is 2.27 bits per heavy atom. The molecule has 0 saturated heterocycles. The Hall–Kier alpha value is 0.137. The number of aliphatic hydroxyl groups excluding tert-OH is 1. The maximum atomic E-state index is 9.45. The summed E-state index contributed by atoms with van der Waals surface area (Å²) in [7, 11) is -1.63. The second-order valence-corrected chi connectivity index (χ2v) is 19.1. The van der Waals surface area contributed by atoms with E-state index in [4.69, 9.17) is 4.43 Å². The van der Waals surface area contributed by atoms with Gasteiger partial charge in [0.2, 0.25) is 0 Å². The third-order valence-electron chi connectivity index (χ3n) is 11.7. The molecule has 192 valence electrons. The summed E-state index contributed by atoms with van der Waals surface area (Å²) in [6.07, 6.45) is 14.0. The molecule has 4 fully saturated rings. The van der Waals surface area contributed by atoms with E-state index in [1.54, 1.807) is 0 Å². The van der Waals surface area contributed by atoms with Crippen molar-refractivity contribution in [1.82, 2.24) is 0 Å². The van der Waals surface area contributed by atoms with Crippen LogP contribution >= 0.6 is 0 Å². The van der Waals surface area contributed by atoms with Crippen molar-refractivity contribution >= 4 is 8.32 Å². The summed E-state index contributed by atoms with van der Waals surface area (Å²) >= 11 is 0. The lowest BCUT2D eigenvalue weighted by Gasteiger charge is -2.66. The van der Waals surface area contributed by atoms with E-state index < -0.39 is 8.32 Å². The van der Waals surface area contributed by atoms with Crippen molar-refractivity contribution in [2.45, 2.75) is 125 Å². The molecular weight excluding hydrogens is 420 g/mol. The molecule has 0 aromatic rings. The molecule has 0 heterocycles. The maximum absolute atomic E-state index is 9.45. The fourth-order valence-corrected chi connectivity index (χ4v) is 11.5. The summed E-state index contributed by atoms with van der Waals surface area (Å²) in [6, 6.07) is 0. The van der Waals surface area contributed by atoms with Crippen LogP contribution in [0.5, 0.6) is 0 Å². The lowest BCUT2D eigenvalue weighted by atomic mass is 9.41. The first-order valence-corrected chi connectivity index (χ1v) is 18.2. The Morgan fingerprint density at radius 2 is 1.64 bits per heavy atom. The molecule has 0 unspecified atom stereocenters. The molecule has 0 aromatic heterocycles. The third kappa shape index (κ3) is 4.55. The van der Waals surface area contributed by atoms with Crippen LogP contribution in [0.2, 0.25) is 19.6 Å². The zero-order valence-corrected chi connectivity index (χ0v) is 24.3. The second kappa shape index (κ2) is 9.54. The van der Waals surface area contributed by atoms with Crippen LogP contribution < -0.4 is 0 Å². The molecule has 11 atom stereocenters. The summed E-state index contributed by atoms with van der Waals surface area (Å²) in [5, 5.41) is 9.45. The Labute approximate surface area is 207 Å². The van der Waals surface area contributed by atoms with Gasteiger partial charge in [0.15, 0.2) is 8.32 Å². The fourth-order valence-electron chi connectivity index (χ4n) is 10.3. The van der Waals surface area contributed by atoms with E-state index in [2.05, 4.69) is 54.3 Å². The molecule has 33 heavy (non-hydrogen) atoms. The van der Waals surface area contributed by atoms with Crippen molar-refractivity contribution in [1.29, 1.82) is 0 Å². The minimum atomic E-state index is -1.63. The standard InChI is InChI=1S/C30H56O2Si/c1-9-22-26-19-20(2)14-16-30(26,5)25-15-17-29(4)23(21(3)11-10-18-31)12-13-24(29)27(25)28(22)32-33(6,7)8/h20-28,31H,9-19H2,1-8H3/t20-,21-,22-,23-,24+,25+,26+,27+,28-,29-,30-/m1/s1. The van der Waals surface area contributed by atoms with Crippen molar-refractivity contribution in [2.75, 3.05) is 6.61 Å². The third-order valence-corrected chi connectivity index (χ3v) is 12.7. The normalized spacial score (nSPS) is 48.6. The van der Waals surface area contributed by atoms with Crippen LogP contribution in [0.3, 0.4) is 0 Å². The van der Waals surface area contributed by atoms with Crippen LogP contribution in [-0.4, -0.2) is 26.1 Å². The highest BCUT2D eigenvalue weighted by atomic mass is 28.4. The highest BCUT2D eigenvalue weighted by Gasteiger charge is 2.65. The zero-order valence-electron chi connectivity index (χ0n) is 23.3. The molecule has 4 rings (SSSR count). The first-order valence-electron chi connectivity index (χ1n) is 14.7. The molecule has 2 nitrogen and oxygen atoms in total. The monoisotopic (exact) mass is 476 g/mol. The van der Waals surface area contributed by atoms with E-state index in [-0.39, 0.29) is 0 Å². The van der Waals surface area contributed by atoms with Gasteiger partial charge in [-0.2, -0.15) is 0 Å². The van der Waals surface area contributed by atoms with Crippen molar-refractivity contribution < 1.29 is 9.53 Å². The van der Waals surface area contributed by atoms with Crippen molar-refractivity contribution in [2.24, 2.45) is 58.2 Å². The van der Waals surface area contributed by atoms with Crippen LogP contribution in [0.1, 0.15) is 98.8 Å². The van der Waals surface area contributed by atoms with E-state index in [9.17, 15) is 5.11 Å². The van der Waals surface area contributed by atoms with E-state index in [1.807, 2.05) is 0 Å². The predicted molar refractivity (Wildman–Crippen MR) is 143 cm³/mol. The predicted octanol–water partition coefficient (Wildman–Crippen LogP) is 8.16. The van der Waals surface area contributed by atoms with Gasteiger partial charge in [0, 0.05) is 6.61 Å². The average molecular weight is 477 g/mol. The van der Waals surface area contributed by atoms with Crippen molar-refractivity contribution in [3.63, 3.8) is 0 Å². The maximum Gasteiger partial charge on any atom is 0.184 e. The molecule has 0 aromatic carbocycles. The lowest BCUT2D eigenvalue weighted by Crippen LogP contribution is -2.63. The Kier molecular flexibility index (Phi) is 7.58. The van der Waals surface area contributed by atoms with Crippen LogP contribution in [0.25, 0.3) is 0 Å². The van der Waals surface area contributed by atoms with Crippen LogP contribution in [-0.2, 0) is 4.43 Å². The fraction of sp³-hybridized carbons (Fsp3) is 1.00. The van der Waals surface area contributed by atoms with Gasteiger partial charge in [0.1, 0.15) is 0 Å². The summed E-state index contributed by atoms with van der Waals surface area (Å²) in [5.74, 6) is 6.54. The number of aliphatic hydroxyl groups is 1. The van der Waals surface area contributed by atoms with Gasteiger partial charge in [-0.1, -0.05) is 47.5 Å². The van der Waals surface area contributed by atoms with E-state index in [0.717, 1.165) is 53.8 Å². The second-order valence-electron chi connectivity index (χ2n) is 14.6. The highest BCUT2D eigenvalue weighted by molar-refractivity contribution is 6.69. The summed E-state index contributed by atoms with van der Waals surface area (Å²) < 4.78 is 7.30. The van der Waals surface area contributed by atoms with E-state index in [1.165, 1.54) is 57.8 Å². The Balaban J connectivity index is 1.72. The van der Waals surface area contributed by atoms with E-state index in [0.29, 0.717) is 23.5 Å². The van der Waals surface area contributed by atoms with E-state index >= 15 is 0 Å². The topological polar surface area (TPSA) is 29.5 Å². The first kappa shape index (κ1) is 26.2. The van der Waals surface area contributed by atoms with Gasteiger partial charge in [0.05, 0.1) is 6.10 Å². The number of hydrogen-bond acceptors (Lipinski definition) is 2. The molecule has 3 heteroatoms. The van der Waals surface area contributed by atoms with Gasteiger partial charge in [0.25, 0.3) is 0 Å². The van der Waals surface area contributed by atoms with Gasteiger partial charge in [-0.05, 0) is 129 Å². The van der Waals surface area contributed by atoms with Crippen LogP contribution in [0.4, 0.5) is 0 Å². The number of hydrogen-bond donors (Lipinski definition) is 1. The number of fused-ring (bicyclic) bond motifs is 5. The minimum Gasteiger partial charge on any atom is -0.414 e. The highest BCUT2D eigenvalue weighted by Crippen LogP contribution is 2.70. The van der Waals surface area contributed by atoms with Gasteiger partial charge >= 0.3 is 0 Å². The smallest absolute Gasteiger partial charge is 0.184 e. The van der Waals surface area contributed by atoms with Crippen molar-refractivity contribution in [3.05, 3.63) is 0 Å².